The monoisotopic (exact) mass is 218 g/mol. The maximum Gasteiger partial charge on any atom is 0.309 e. The van der Waals surface area contributed by atoms with Crippen LogP contribution in [0, 0.1) is 0 Å². The zero-order valence-electron chi connectivity index (χ0n) is 7.46. The molecular weight excluding hydrogens is 210 g/mol. The van der Waals surface area contributed by atoms with Gasteiger partial charge in [-0.15, -0.1) is 0 Å². The van der Waals surface area contributed by atoms with Gasteiger partial charge in [-0.05, 0) is 0 Å². The van der Waals surface area contributed by atoms with Crippen molar-refractivity contribution in [1.82, 2.24) is 4.98 Å². The number of carboxylic acids is 1. The number of halogens is 2. The Labute approximate surface area is 82.5 Å². The predicted molar refractivity (Wildman–Crippen MR) is 47.8 cm³/mol. The number of hydrogen-bond donors (Lipinski definition) is 3. The van der Waals surface area contributed by atoms with Crippen LogP contribution in [-0.4, -0.2) is 16.1 Å². The maximum atomic E-state index is 12.5. The van der Waals surface area contributed by atoms with E-state index >= 15 is 0 Å². The third-order valence-corrected chi connectivity index (χ3v) is 1.78. The smallest absolute Gasteiger partial charge is 0.309 e. The molecule has 0 fully saturated rings. The van der Waals surface area contributed by atoms with Crippen molar-refractivity contribution >= 4 is 11.7 Å². The molecule has 1 rings (SSSR count). The molecule has 0 saturated carbocycles. The van der Waals surface area contributed by atoms with Crippen molar-refractivity contribution in [3.05, 3.63) is 27.7 Å². The standard InChI is InChI=1S/C8H8F2N2O3/c9-8(10)6-4(1-5(13)14)12-2-3(11)7(6)15/h2,8H,1,11H2,(H,12,15)(H,13,14). The molecule has 1 aromatic rings. The van der Waals surface area contributed by atoms with Crippen LogP contribution in [0.1, 0.15) is 17.7 Å². The first-order valence-electron chi connectivity index (χ1n) is 3.93. The van der Waals surface area contributed by atoms with E-state index in [1.54, 1.807) is 0 Å². The summed E-state index contributed by atoms with van der Waals surface area (Å²) in [7, 11) is 0. The highest BCUT2D eigenvalue weighted by molar-refractivity contribution is 5.70. The highest BCUT2D eigenvalue weighted by Gasteiger charge is 2.20. The molecule has 0 bridgehead atoms. The van der Waals surface area contributed by atoms with Gasteiger partial charge < -0.3 is 15.8 Å². The van der Waals surface area contributed by atoms with Gasteiger partial charge in [0.2, 0.25) is 5.43 Å². The molecule has 0 saturated heterocycles. The molecule has 1 aromatic heterocycles. The number of H-pyrrole nitrogens is 1. The number of rotatable bonds is 3. The Morgan fingerprint density at radius 1 is 1.60 bits per heavy atom. The van der Waals surface area contributed by atoms with Crippen LogP contribution in [0.2, 0.25) is 0 Å². The first-order valence-corrected chi connectivity index (χ1v) is 3.93. The predicted octanol–water partition coefficient (Wildman–Crippen LogP) is 0.522. The summed E-state index contributed by atoms with van der Waals surface area (Å²) in [4.78, 5) is 23.8. The molecule has 0 aliphatic rings. The molecule has 0 aromatic carbocycles. The number of aliphatic carboxylic acids is 1. The lowest BCUT2D eigenvalue weighted by Crippen LogP contribution is -2.19. The SMILES string of the molecule is Nc1c[nH]c(CC(=O)O)c(C(F)F)c1=O. The van der Waals surface area contributed by atoms with Crippen LogP contribution in [0.3, 0.4) is 0 Å². The van der Waals surface area contributed by atoms with Gasteiger partial charge in [0.1, 0.15) is 0 Å². The van der Waals surface area contributed by atoms with Crippen LogP contribution >= 0.6 is 0 Å². The normalized spacial score (nSPS) is 10.6. The van der Waals surface area contributed by atoms with Gasteiger partial charge in [-0.3, -0.25) is 9.59 Å². The fourth-order valence-electron chi connectivity index (χ4n) is 1.13. The highest BCUT2D eigenvalue weighted by atomic mass is 19.3. The molecule has 82 valence electrons. The van der Waals surface area contributed by atoms with E-state index in [2.05, 4.69) is 4.98 Å². The molecule has 0 atom stereocenters. The molecule has 1 heterocycles. The second-order valence-electron chi connectivity index (χ2n) is 2.84. The van der Waals surface area contributed by atoms with E-state index in [1.165, 1.54) is 0 Å². The van der Waals surface area contributed by atoms with Crippen molar-refractivity contribution in [2.24, 2.45) is 0 Å². The molecule has 0 amide bonds. The lowest BCUT2D eigenvalue weighted by Gasteiger charge is -2.06. The molecular formula is C8H8F2N2O3. The number of aromatic nitrogens is 1. The van der Waals surface area contributed by atoms with Crippen molar-refractivity contribution in [2.45, 2.75) is 12.8 Å². The van der Waals surface area contributed by atoms with Crippen LogP contribution in [0.4, 0.5) is 14.5 Å². The minimum absolute atomic E-state index is 0.322. The largest absolute Gasteiger partial charge is 0.481 e. The van der Waals surface area contributed by atoms with Gasteiger partial charge in [0, 0.05) is 11.9 Å². The number of aromatic amines is 1. The van der Waals surface area contributed by atoms with Crippen molar-refractivity contribution in [2.75, 3.05) is 5.73 Å². The summed E-state index contributed by atoms with van der Waals surface area (Å²) < 4.78 is 24.9. The van der Waals surface area contributed by atoms with Crippen molar-refractivity contribution < 1.29 is 18.7 Å². The van der Waals surface area contributed by atoms with Gasteiger partial charge >= 0.3 is 5.97 Å². The zero-order valence-corrected chi connectivity index (χ0v) is 7.46. The summed E-state index contributed by atoms with van der Waals surface area (Å²) in [6.45, 7) is 0. The number of alkyl halides is 2. The van der Waals surface area contributed by atoms with Crippen LogP contribution in [0.5, 0.6) is 0 Å². The Kier molecular flexibility index (Phi) is 3.03. The van der Waals surface area contributed by atoms with E-state index in [1.807, 2.05) is 0 Å². The first-order chi connectivity index (χ1) is 6.93. The van der Waals surface area contributed by atoms with Crippen molar-refractivity contribution in [1.29, 1.82) is 0 Å². The second-order valence-corrected chi connectivity index (χ2v) is 2.84. The van der Waals surface area contributed by atoms with E-state index in [0.717, 1.165) is 6.20 Å². The molecule has 0 aliphatic heterocycles. The Morgan fingerprint density at radius 3 is 2.67 bits per heavy atom. The van der Waals surface area contributed by atoms with Gasteiger partial charge in [-0.2, -0.15) is 0 Å². The number of anilines is 1. The molecule has 0 aliphatic carbocycles. The molecule has 5 nitrogen and oxygen atoms in total. The Morgan fingerprint density at radius 2 is 2.20 bits per heavy atom. The van der Waals surface area contributed by atoms with E-state index in [4.69, 9.17) is 10.8 Å². The number of nitrogens with one attached hydrogen (secondary N) is 1. The molecule has 7 heteroatoms. The number of pyridine rings is 1. The van der Waals surface area contributed by atoms with Gasteiger partial charge in [-0.25, -0.2) is 8.78 Å². The summed E-state index contributed by atoms with van der Waals surface area (Å²) in [6, 6.07) is 0. The third-order valence-electron chi connectivity index (χ3n) is 1.78. The van der Waals surface area contributed by atoms with Crippen molar-refractivity contribution in [3.8, 4) is 0 Å². The lowest BCUT2D eigenvalue weighted by molar-refractivity contribution is -0.136. The Bertz CT molecular complexity index is 442. The average molecular weight is 218 g/mol. The topological polar surface area (TPSA) is 96.2 Å². The zero-order chi connectivity index (χ0) is 11.6. The fourth-order valence-corrected chi connectivity index (χ4v) is 1.13. The highest BCUT2D eigenvalue weighted by Crippen LogP contribution is 2.19. The van der Waals surface area contributed by atoms with E-state index in [-0.39, 0.29) is 11.4 Å². The number of nitrogens with two attached hydrogens (primary N) is 1. The summed E-state index contributed by atoms with van der Waals surface area (Å²) in [5, 5.41) is 8.44. The van der Waals surface area contributed by atoms with Crippen LogP contribution in [0.15, 0.2) is 11.0 Å². The van der Waals surface area contributed by atoms with E-state index in [0.29, 0.717) is 0 Å². The first kappa shape index (κ1) is 11.2. The van der Waals surface area contributed by atoms with Crippen LogP contribution in [-0.2, 0) is 11.2 Å². The summed E-state index contributed by atoms with van der Waals surface area (Å²) >= 11 is 0. The van der Waals surface area contributed by atoms with E-state index in [9.17, 15) is 18.4 Å². The van der Waals surface area contributed by atoms with E-state index < -0.39 is 29.8 Å². The van der Waals surface area contributed by atoms with Crippen molar-refractivity contribution in [3.63, 3.8) is 0 Å². The van der Waals surface area contributed by atoms with Crippen LogP contribution < -0.4 is 11.2 Å². The van der Waals surface area contributed by atoms with Crippen LogP contribution in [0.25, 0.3) is 0 Å². The third kappa shape index (κ3) is 2.30. The summed E-state index contributed by atoms with van der Waals surface area (Å²) in [5.41, 5.74) is 2.54. The van der Waals surface area contributed by atoms with Gasteiger partial charge in [-0.1, -0.05) is 0 Å². The minimum atomic E-state index is -3.05. The maximum absolute atomic E-state index is 12.5. The lowest BCUT2D eigenvalue weighted by atomic mass is 10.1. The van der Waals surface area contributed by atoms with Gasteiger partial charge in [0.25, 0.3) is 6.43 Å². The minimum Gasteiger partial charge on any atom is -0.481 e. The molecule has 0 spiro atoms. The average Bonchev–Trinajstić information content (AvgIpc) is 2.10. The number of nitrogen functional groups attached to an aromatic ring is 1. The van der Waals surface area contributed by atoms with Gasteiger partial charge in [0.15, 0.2) is 0 Å². The Hall–Kier alpha value is -1.92. The second kappa shape index (κ2) is 4.07. The fraction of sp³-hybridized carbons (Fsp3) is 0.250. The molecule has 4 N–H and O–H groups in total. The molecule has 0 radical (unpaired) electrons. The summed E-state index contributed by atoms with van der Waals surface area (Å²) in [6.07, 6.45) is -2.71. The number of carbonyl (C=O) groups is 1. The Balaban J connectivity index is 3.33. The van der Waals surface area contributed by atoms with Gasteiger partial charge in [0.05, 0.1) is 17.7 Å². The number of carboxylic acid groups (broad SMARTS) is 1. The summed E-state index contributed by atoms with van der Waals surface area (Å²) in [5.74, 6) is -1.31. The number of hydrogen-bond acceptors (Lipinski definition) is 3. The molecule has 15 heavy (non-hydrogen) atoms. The molecule has 0 unspecified atom stereocenters. The quantitative estimate of drug-likeness (QED) is 0.689.